The van der Waals surface area contributed by atoms with Crippen molar-refractivity contribution in [2.45, 2.75) is 71.5 Å². The first-order chi connectivity index (χ1) is 41.4. The molecule has 0 spiro atoms. The van der Waals surface area contributed by atoms with Crippen LogP contribution in [0.3, 0.4) is 0 Å². The first-order valence-corrected chi connectivity index (χ1v) is 27.8. The number of carbonyl (C=O) groups excluding carboxylic acids is 3. The van der Waals surface area contributed by atoms with E-state index < -0.39 is 17.9 Å². The van der Waals surface area contributed by atoms with Crippen LogP contribution in [0.15, 0.2) is 146 Å². The summed E-state index contributed by atoms with van der Waals surface area (Å²) in [5.41, 5.74) is 9.80. The van der Waals surface area contributed by atoms with Crippen LogP contribution in [0.2, 0.25) is 5.15 Å². The van der Waals surface area contributed by atoms with E-state index in [4.69, 9.17) is 51.4 Å². The van der Waals surface area contributed by atoms with Gasteiger partial charge in [-0.2, -0.15) is 0 Å². The van der Waals surface area contributed by atoms with Gasteiger partial charge < -0.3 is 62.1 Å². The molecule has 26 heteroatoms. The predicted octanol–water partition coefficient (Wildman–Crippen LogP) is 0.123. The summed E-state index contributed by atoms with van der Waals surface area (Å²) in [5, 5.41) is 49.1. The summed E-state index contributed by atoms with van der Waals surface area (Å²) in [6.45, 7) is 2.97. The summed E-state index contributed by atoms with van der Waals surface area (Å²) in [6.07, 6.45) is 6.18. The number of hydrogen-bond acceptors (Lipinski definition) is 21. The number of rotatable bonds is 12. The van der Waals surface area contributed by atoms with E-state index in [1.54, 1.807) is 54.6 Å². The number of ether oxygens (including phenoxy) is 2. The minimum absolute atomic E-state index is 0. The Bertz CT molecular complexity index is 3750. The number of aromatic nitrogens is 6. The Kier molecular flexibility index (Phi) is 37.7. The summed E-state index contributed by atoms with van der Waals surface area (Å²) >= 11 is 6.21. The fraction of sp³-hybridized carbons (Fsp3) is 0.292. The summed E-state index contributed by atoms with van der Waals surface area (Å²) in [6, 6.07) is 44.8. The van der Waals surface area contributed by atoms with Gasteiger partial charge in [-0.3, -0.25) is 4.79 Å². The molecule has 466 valence electrons. The molecule has 0 amide bonds. The molecule has 0 unspecified atom stereocenters. The van der Waals surface area contributed by atoms with Crippen LogP contribution in [0, 0.1) is 0 Å². The van der Waals surface area contributed by atoms with Gasteiger partial charge in [-0.05, 0) is 99.7 Å². The summed E-state index contributed by atoms with van der Waals surface area (Å²) in [5.74, 6) is -0.365. The number of carbonyl (C=O) groups is 4. The molecule has 3 atom stereocenters. The van der Waals surface area contributed by atoms with Crippen LogP contribution in [-0.4, -0.2) is 152 Å². The molecule has 3 aliphatic rings. The Balaban J connectivity index is 0.000000617. The second-order valence-corrected chi connectivity index (χ2v) is 20.0. The van der Waals surface area contributed by atoms with Crippen LogP contribution >= 0.6 is 11.6 Å². The maximum Gasteiger partial charge on any atom is 1.00 e. The SMILES string of the molecule is C.C.COC(=O)c1ccc2nc(-c3ccccc3)c(Cl)nc2c1.COC(=O)c1ccc2nc(-c3ccccc3)c(N3CCC[C@H]3CO)nc2c1.O=C(O)c1ccc2nc(-c3ccccc3)c(N3CCC[C@H]3CO)nc2c1.O=CO[O-].OC[C@@H]1CCCN1.[H-].[K+].[K+].[Na+].[OH-]. The number of halogens is 1. The van der Waals surface area contributed by atoms with Crippen molar-refractivity contribution < 1.29 is 198 Å². The Labute approximate surface area is 642 Å². The van der Waals surface area contributed by atoms with Gasteiger partial charge in [0.2, 0.25) is 0 Å². The molecular formula is C65H73ClK2N9NaO13. The van der Waals surface area contributed by atoms with Gasteiger partial charge in [0.05, 0.1) is 95.9 Å². The van der Waals surface area contributed by atoms with E-state index in [0.29, 0.717) is 73.5 Å². The quantitative estimate of drug-likeness (QED) is 0.0357. The number of aromatic carboxylic acids is 1. The van der Waals surface area contributed by atoms with Crippen LogP contribution in [0.5, 0.6) is 0 Å². The van der Waals surface area contributed by atoms with Gasteiger partial charge in [0, 0.05) is 35.8 Å². The van der Waals surface area contributed by atoms with Gasteiger partial charge in [0.1, 0.15) is 17.1 Å². The number of nitrogens with zero attached hydrogens (tertiary/aromatic N) is 8. The molecule has 3 fully saturated rings. The zero-order chi connectivity index (χ0) is 60.2. The number of methoxy groups -OCH3 is 2. The number of anilines is 2. The van der Waals surface area contributed by atoms with E-state index >= 15 is 0 Å². The normalized spacial score (nSPS) is 14.9. The molecule has 0 saturated carbocycles. The predicted molar refractivity (Wildman–Crippen MR) is 336 cm³/mol. The van der Waals surface area contributed by atoms with E-state index in [-0.39, 0.29) is 191 Å². The van der Waals surface area contributed by atoms with Gasteiger partial charge >= 0.3 is 150 Å². The molecule has 22 nitrogen and oxygen atoms in total. The monoisotopic (exact) mass is 1320 g/mol. The van der Waals surface area contributed by atoms with E-state index in [1.807, 2.05) is 91.0 Å². The topological polar surface area (TPSA) is 326 Å². The molecule has 3 aliphatic heterocycles. The first-order valence-electron chi connectivity index (χ1n) is 27.4. The maximum atomic E-state index is 11.9. The average molecular weight is 1320 g/mol. The van der Waals surface area contributed by atoms with E-state index in [1.165, 1.54) is 20.6 Å². The van der Waals surface area contributed by atoms with Crippen LogP contribution < -0.4 is 153 Å². The standard InChI is InChI=1S/C21H21N3O3.C20H19N3O3.C16H11ClN2O2.C5H11NO.CH2O3.2CH4.2K.Na.H2O.H/c1-27-21(26)15-9-10-17-18(12-15)23-20(24-11-5-8-16(24)13-25)19(22-17)14-6-3-2-4-7-14;24-12-15-7-4-10-23(15)19-18(13-5-2-1-3-6-13)21-16-9-8-14(20(25)26)11-17(16)22-19;1-21-16(20)11-7-8-12-13(9-11)19-15(17)14(18-12)10-5-3-2-4-6-10;7-4-5-2-1-3-6-5;2-1-4-3;;;;;;;/h2-4,6-7,9-10,12,16,25H,5,8,11,13H2,1H3;1-3,5-6,8-9,11,15,24H,4,7,10,12H2,(H,25,26);2-9H,1H3;5-7H,1-4H2;1,3H;2*1H4;;;;1H2;/q;;;;;;;3*+1;;-1/p-2/t16-;15-;;5-;;;;;;;;/m00.0......../s1. The molecule has 0 aliphatic carbocycles. The van der Waals surface area contributed by atoms with Gasteiger partial charge in [0.25, 0.3) is 6.47 Å². The molecule has 12 rings (SSSR count). The molecular weight excluding hydrogens is 1250 g/mol. The van der Waals surface area contributed by atoms with E-state index in [0.717, 1.165) is 85.6 Å². The summed E-state index contributed by atoms with van der Waals surface area (Å²) in [4.78, 5) is 78.2. The Hall–Kier alpha value is -4.86. The third-order valence-corrected chi connectivity index (χ3v) is 14.5. The smallest absolute Gasteiger partial charge is 1.00 e. The van der Waals surface area contributed by atoms with Gasteiger partial charge in [-0.25, -0.2) is 44.3 Å². The maximum absolute atomic E-state index is 11.9. The zero-order valence-corrected chi connectivity index (χ0v) is 59.1. The number of benzene rings is 6. The second kappa shape index (κ2) is 41.8. The van der Waals surface area contributed by atoms with Gasteiger partial charge in [0.15, 0.2) is 16.8 Å². The molecule has 6 heterocycles. The second-order valence-electron chi connectivity index (χ2n) is 19.7. The molecule has 6 N–H and O–H groups in total. The summed E-state index contributed by atoms with van der Waals surface area (Å²) in [7, 11) is 2.70. The van der Waals surface area contributed by atoms with E-state index in [9.17, 15) is 29.7 Å². The number of hydrogen-bond donors (Lipinski definition) is 5. The number of aliphatic hydroxyl groups excluding tert-OH is 3. The van der Waals surface area contributed by atoms with Crippen molar-refractivity contribution in [1.82, 2.24) is 35.2 Å². The van der Waals surface area contributed by atoms with Crippen LogP contribution in [0.1, 0.15) is 85.9 Å². The molecule has 3 aromatic heterocycles. The van der Waals surface area contributed by atoms with Gasteiger partial charge in [-0.15, -0.1) is 0 Å². The minimum atomic E-state index is -0.989. The van der Waals surface area contributed by atoms with Crippen LogP contribution in [0.25, 0.3) is 66.9 Å². The van der Waals surface area contributed by atoms with Crippen molar-refractivity contribution in [3.05, 3.63) is 167 Å². The first kappa shape index (κ1) is 82.2. The molecule has 91 heavy (non-hydrogen) atoms. The molecule has 9 aromatic rings. The Morgan fingerprint density at radius 1 is 0.571 bits per heavy atom. The molecule has 6 aromatic carbocycles. The third-order valence-electron chi connectivity index (χ3n) is 14.3. The Morgan fingerprint density at radius 2 is 0.945 bits per heavy atom. The number of carboxylic acids is 1. The minimum Gasteiger partial charge on any atom is -1.00 e. The fourth-order valence-electron chi connectivity index (χ4n) is 10.0. The molecule has 0 bridgehead atoms. The van der Waals surface area contributed by atoms with Crippen molar-refractivity contribution in [2.24, 2.45) is 0 Å². The van der Waals surface area contributed by atoms with Crippen molar-refractivity contribution in [3.8, 4) is 33.8 Å². The fourth-order valence-corrected chi connectivity index (χ4v) is 10.3. The van der Waals surface area contributed by atoms with Crippen molar-refractivity contribution in [2.75, 3.05) is 63.5 Å². The largest absolute Gasteiger partial charge is 1.00 e. The van der Waals surface area contributed by atoms with Crippen molar-refractivity contribution in [3.63, 3.8) is 0 Å². The summed E-state index contributed by atoms with van der Waals surface area (Å²) < 4.78 is 9.50. The molecule has 3 saturated heterocycles. The zero-order valence-electron chi connectivity index (χ0n) is 51.1. The van der Waals surface area contributed by atoms with Crippen molar-refractivity contribution in [1.29, 1.82) is 0 Å². The number of fused-ring (bicyclic) bond motifs is 3. The van der Waals surface area contributed by atoms with Gasteiger partial charge in [-0.1, -0.05) is 117 Å². The van der Waals surface area contributed by atoms with Crippen LogP contribution in [-0.2, 0) is 19.2 Å². The number of nitrogens with one attached hydrogen (secondary N) is 1. The van der Waals surface area contributed by atoms with Crippen LogP contribution in [0.4, 0.5) is 11.6 Å². The molecule has 0 radical (unpaired) electrons. The number of aliphatic hydroxyl groups is 3. The number of esters is 2. The Morgan fingerprint density at radius 3 is 1.29 bits per heavy atom. The van der Waals surface area contributed by atoms with Crippen molar-refractivity contribution >= 4 is 80.7 Å². The number of carboxylic acid groups (broad SMARTS) is 1. The average Bonchev–Trinajstić information content (AvgIpc) is 1.24. The van der Waals surface area contributed by atoms with E-state index in [2.05, 4.69) is 34.7 Å². The third kappa shape index (κ3) is 21.8.